The molecule has 150 valence electrons. The van der Waals surface area contributed by atoms with Gasteiger partial charge in [-0.1, -0.05) is 36.4 Å². The van der Waals surface area contributed by atoms with Crippen LogP contribution in [0.4, 0.5) is 10.5 Å². The van der Waals surface area contributed by atoms with Crippen molar-refractivity contribution in [2.45, 2.75) is 32.4 Å². The molecule has 6 heteroatoms. The molecule has 2 rings (SSSR count). The molecule has 2 amide bonds. The minimum atomic E-state index is -0.586. The van der Waals surface area contributed by atoms with Crippen molar-refractivity contribution in [3.05, 3.63) is 65.7 Å². The Bertz CT molecular complexity index is 798. The van der Waals surface area contributed by atoms with Gasteiger partial charge in [-0.3, -0.25) is 10.1 Å². The average Bonchev–Trinajstić information content (AvgIpc) is 2.61. The van der Waals surface area contributed by atoms with Crippen LogP contribution in [0.3, 0.4) is 0 Å². The van der Waals surface area contributed by atoms with Crippen LogP contribution >= 0.6 is 0 Å². The first-order chi connectivity index (χ1) is 13.2. The molecular formula is C22H29N3O3. The van der Waals surface area contributed by atoms with Crippen LogP contribution < -0.4 is 10.6 Å². The molecule has 1 atom stereocenters. The number of ether oxygens (including phenoxy) is 1. The zero-order valence-electron chi connectivity index (χ0n) is 17.2. The van der Waals surface area contributed by atoms with E-state index in [1.165, 1.54) is 0 Å². The van der Waals surface area contributed by atoms with E-state index in [1.54, 1.807) is 45.0 Å². The Morgan fingerprint density at radius 1 is 1.04 bits per heavy atom. The maximum atomic E-state index is 12.6. The number of hydrogen-bond donors (Lipinski definition) is 2. The van der Waals surface area contributed by atoms with E-state index in [1.807, 2.05) is 44.4 Å². The van der Waals surface area contributed by atoms with Gasteiger partial charge < -0.3 is 15.0 Å². The Morgan fingerprint density at radius 2 is 1.71 bits per heavy atom. The predicted molar refractivity (Wildman–Crippen MR) is 112 cm³/mol. The monoisotopic (exact) mass is 383 g/mol. The minimum absolute atomic E-state index is 0.0632. The SMILES string of the molecule is CN(C)C(CNC(=O)c1cccc(NC(=O)OC(C)(C)C)c1)c1ccccc1. The van der Waals surface area contributed by atoms with Crippen LogP contribution in [0.15, 0.2) is 54.6 Å². The van der Waals surface area contributed by atoms with E-state index < -0.39 is 11.7 Å². The lowest BCUT2D eigenvalue weighted by molar-refractivity contribution is 0.0635. The highest BCUT2D eigenvalue weighted by molar-refractivity contribution is 5.96. The van der Waals surface area contributed by atoms with Crippen LogP contribution in [0.2, 0.25) is 0 Å². The first kappa shape index (κ1) is 21.4. The summed E-state index contributed by atoms with van der Waals surface area (Å²) in [4.78, 5) is 26.6. The molecule has 0 aliphatic heterocycles. The first-order valence-corrected chi connectivity index (χ1v) is 9.25. The molecule has 0 bridgehead atoms. The van der Waals surface area contributed by atoms with Gasteiger partial charge in [0.2, 0.25) is 0 Å². The molecule has 0 aliphatic rings. The summed E-state index contributed by atoms with van der Waals surface area (Å²) in [6, 6.07) is 16.9. The third-order valence-electron chi connectivity index (χ3n) is 4.03. The second-order valence-corrected chi connectivity index (χ2v) is 7.81. The third-order valence-corrected chi connectivity index (χ3v) is 4.03. The van der Waals surface area contributed by atoms with Crippen LogP contribution in [0.25, 0.3) is 0 Å². The van der Waals surface area contributed by atoms with Gasteiger partial charge >= 0.3 is 6.09 Å². The van der Waals surface area contributed by atoms with E-state index in [9.17, 15) is 9.59 Å². The number of rotatable bonds is 6. The zero-order valence-corrected chi connectivity index (χ0v) is 17.2. The largest absolute Gasteiger partial charge is 0.444 e. The molecule has 0 radical (unpaired) electrons. The Balaban J connectivity index is 2.01. The van der Waals surface area contributed by atoms with Crippen LogP contribution in [0.1, 0.15) is 42.7 Å². The molecule has 2 N–H and O–H groups in total. The summed E-state index contributed by atoms with van der Waals surface area (Å²) >= 11 is 0. The molecule has 2 aromatic rings. The molecule has 2 aromatic carbocycles. The number of benzene rings is 2. The van der Waals surface area contributed by atoms with Crippen LogP contribution in [0, 0.1) is 0 Å². The van der Waals surface area contributed by atoms with E-state index in [0.717, 1.165) is 5.56 Å². The van der Waals surface area contributed by atoms with Crippen molar-refractivity contribution in [2.24, 2.45) is 0 Å². The minimum Gasteiger partial charge on any atom is -0.444 e. The van der Waals surface area contributed by atoms with E-state index in [0.29, 0.717) is 17.8 Å². The second-order valence-electron chi connectivity index (χ2n) is 7.81. The Kier molecular flexibility index (Phi) is 7.18. The number of hydrogen-bond acceptors (Lipinski definition) is 4. The van der Waals surface area contributed by atoms with Gasteiger partial charge in [-0.15, -0.1) is 0 Å². The molecule has 6 nitrogen and oxygen atoms in total. The number of anilines is 1. The highest BCUT2D eigenvalue weighted by atomic mass is 16.6. The van der Waals surface area contributed by atoms with Crippen molar-refractivity contribution >= 4 is 17.7 Å². The van der Waals surface area contributed by atoms with Crippen molar-refractivity contribution in [3.63, 3.8) is 0 Å². The number of carbonyl (C=O) groups is 2. The summed E-state index contributed by atoms with van der Waals surface area (Å²) < 4.78 is 5.24. The molecule has 0 heterocycles. The van der Waals surface area contributed by atoms with Crippen molar-refractivity contribution in [1.82, 2.24) is 10.2 Å². The van der Waals surface area contributed by atoms with Gasteiger partial charge in [-0.2, -0.15) is 0 Å². The van der Waals surface area contributed by atoms with Crippen LogP contribution in [-0.2, 0) is 4.74 Å². The van der Waals surface area contributed by atoms with Crippen molar-refractivity contribution in [2.75, 3.05) is 26.0 Å². The number of nitrogens with zero attached hydrogens (tertiary/aromatic N) is 1. The molecule has 0 aliphatic carbocycles. The third kappa shape index (κ3) is 6.70. The summed E-state index contributed by atoms with van der Waals surface area (Å²) in [5.41, 5.74) is 1.53. The molecule has 1 unspecified atom stereocenters. The molecular weight excluding hydrogens is 354 g/mol. The maximum Gasteiger partial charge on any atom is 0.412 e. The van der Waals surface area contributed by atoms with Crippen molar-refractivity contribution < 1.29 is 14.3 Å². The molecule has 0 fully saturated rings. The van der Waals surface area contributed by atoms with Crippen molar-refractivity contribution in [3.8, 4) is 0 Å². The van der Waals surface area contributed by atoms with Gasteiger partial charge in [0.25, 0.3) is 5.91 Å². The Labute approximate surface area is 166 Å². The zero-order chi connectivity index (χ0) is 20.7. The predicted octanol–water partition coefficient (Wildman–Crippen LogP) is 4.07. The Morgan fingerprint density at radius 3 is 2.32 bits per heavy atom. The Hall–Kier alpha value is -2.86. The summed E-state index contributed by atoms with van der Waals surface area (Å²) in [5.74, 6) is -0.199. The second kappa shape index (κ2) is 9.37. The van der Waals surface area contributed by atoms with E-state index in [4.69, 9.17) is 4.74 Å². The summed E-state index contributed by atoms with van der Waals surface area (Å²) in [7, 11) is 3.96. The van der Waals surface area contributed by atoms with Gasteiger partial charge in [-0.25, -0.2) is 4.79 Å². The van der Waals surface area contributed by atoms with E-state index in [2.05, 4.69) is 15.5 Å². The lowest BCUT2D eigenvalue weighted by Gasteiger charge is -2.25. The topological polar surface area (TPSA) is 70.7 Å². The molecule has 28 heavy (non-hydrogen) atoms. The lowest BCUT2D eigenvalue weighted by atomic mass is 10.1. The van der Waals surface area contributed by atoms with E-state index in [-0.39, 0.29) is 11.9 Å². The van der Waals surface area contributed by atoms with Gasteiger partial charge in [0.05, 0.1) is 6.04 Å². The average molecular weight is 383 g/mol. The van der Waals surface area contributed by atoms with Crippen LogP contribution in [0.5, 0.6) is 0 Å². The van der Waals surface area contributed by atoms with Gasteiger partial charge in [0.1, 0.15) is 5.60 Å². The smallest absolute Gasteiger partial charge is 0.412 e. The standard InChI is InChI=1S/C22H29N3O3/c1-22(2,3)28-21(27)24-18-13-9-12-17(14-18)20(26)23-15-19(25(4)5)16-10-7-6-8-11-16/h6-14,19H,15H2,1-5H3,(H,23,26)(H,24,27). The molecule has 0 saturated heterocycles. The number of amides is 2. The van der Waals surface area contributed by atoms with E-state index >= 15 is 0 Å². The molecule has 0 spiro atoms. The fourth-order valence-electron chi connectivity index (χ4n) is 2.72. The lowest BCUT2D eigenvalue weighted by Crippen LogP contribution is -2.34. The molecule has 0 aromatic heterocycles. The molecule has 0 saturated carbocycles. The maximum absolute atomic E-state index is 12.6. The van der Waals surface area contributed by atoms with Gasteiger partial charge in [-0.05, 0) is 58.6 Å². The summed E-state index contributed by atoms with van der Waals surface area (Å²) in [6.45, 7) is 5.86. The van der Waals surface area contributed by atoms with Gasteiger partial charge in [0.15, 0.2) is 0 Å². The number of carbonyl (C=O) groups excluding carboxylic acids is 2. The highest BCUT2D eigenvalue weighted by Crippen LogP contribution is 2.18. The summed E-state index contributed by atoms with van der Waals surface area (Å²) in [5, 5.41) is 5.63. The van der Waals surface area contributed by atoms with Crippen LogP contribution in [-0.4, -0.2) is 43.1 Å². The fraction of sp³-hybridized carbons (Fsp3) is 0.364. The first-order valence-electron chi connectivity index (χ1n) is 9.25. The number of likely N-dealkylation sites (N-methyl/N-ethyl adjacent to an activating group) is 1. The van der Waals surface area contributed by atoms with Gasteiger partial charge in [0, 0.05) is 17.8 Å². The van der Waals surface area contributed by atoms with Crippen molar-refractivity contribution in [1.29, 1.82) is 0 Å². The highest BCUT2D eigenvalue weighted by Gasteiger charge is 2.18. The number of nitrogens with one attached hydrogen (secondary N) is 2. The fourth-order valence-corrected chi connectivity index (χ4v) is 2.72. The quantitative estimate of drug-likeness (QED) is 0.789. The summed E-state index contributed by atoms with van der Waals surface area (Å²) in [6.07, 6.45) is -0.554. The normalized spacial score (nSPS) is 12.4.